The van der Waals surface area contributed by atoms with Crippen LogP contribution in [0.4, 0.5) is 13.2 Å². The first kappa shape index (κ1) is 26.6. The Morgan fingerprint density at radius 2 is 1.81 bits per heavy atom. The maximum absolute atomic E-state index is 13.4. The smallest absolute Gasteiger partial charge is 0.416 e. The van der Waals surface area contributed by atoms with Crippen LogP contribution in [0, 0.1) is 0 Å². The van der Waals surface area contributed by atoms with Crippen molar-refractivity contribution in [3.8, 4) is 5.75 Å². The Morgan fingerprint density at radius 3 is 2.51 bits per heavy atom. The van der Waals surface area contributed by atoms with Gasteiger partial charge in [-0.25, -0.2) is 5.84 Å². The number of benzene rings is 3. The summed E-state index contributed by atoms with van der Waals surface area (Å²) in [7, 11) is 0. The number of alkyl halides is 3. The zero-order valence-corrected chi connectivity index (χ0v) is 21.0. The molecular weight excluding hydrogens is 503 g/mol. The minimum atomic E-state index is -4.49. The highest BCUT2D eigenvalue weighted by atomic mass is 35.5. The Morgan fingerprint density at radius 1 is 1.05 bits per heavy atom. The number of fused-ring (bicyclic) bond motifs is 1. The number of hydrazine groups is 1. The van der Waals surface area contributed by atoms with Crippen LogP contribution in [0.15, 0.2) is 72.8 Å². The van der Waals surface area contributed by atoms with Gasteiger partial charge in [-0.2, -0.15) is 13.2 Å². The molecule has 4 rings (SSSR count). The Balaban J connectivity index is 1.73. The van der Waals surface area contributed by atoms with E-state index in [1.54, 1.807) is 18.2 Å². The Hall–Kier alpha value is -3.49. The lowest BCUT2D eigenvalue weighted by Crippen LogP contribution is -2.38. The van der Waals surface area contributed by atoms with Gasteiger partial charge in [0.15, 0.2) is 0 Å². The van der Waals surface area contributed by atoms with E-state index in [4.69, 9.17) is 22.2 Å². The van der Waals surface area contributed by atoms with Gasteiger partial charge in [0.25, 0.3) is 5.91 Å². The second-order valence-corrected chi connectivity index (χ2v) is 9.16. The molecule has 0 bridgehead atoms. The summed E-state index contributed by atoms with van der Waals surface area (Å²) >= 11 is 6.31. The summed E-state index contributed by atoms with van der Waals surface area (Å²) in [5, 5.41) is 2.17. The van der Waals surface area contributed by atoms with Crippen LogP contribution in [0.25, 0.3) is 10.9 Å². The number of rotatable bonds is 9. The van der Waals surface area contributed by atoms with Crippen molar-refractivity contribution in [2.75, 3.05) is 6.54 Å². The van der Waals surface area contributed by atoms with E-state index in [1.807, 2.05) is 47.9 Å². The van der Waals surface area contributed by atoms with Crippen LogP contribution in [-0.4, -0.2) is 22.0 Å². The largest absolute Gasteiger partial charge is 0.487 e. The molecule has 0 aliphatic carbocycles. The molecule has 0 spiro atoms. The molecule has 0 unspecified atom stereocenters. The minimum absolute atomic E-state index is 0.0898. The number of nitrogens with zero attached hydrogens (tertiary/aromatic N) is 2. The molecule has 1 heterocycles. The molecule has 3 aromatic carbocycles. The molecule has 0 saturated carbocycles. The third-order valence-electron chi connectivity index (χ3n) is 6.08. The van der Waals surface area contributed by atoms with Gasteiger partial charge in [-0.05, 0) is 66.6 Å². The van der Waals surface area contributed by atoms with Gasteiger partial charge >= 0.3 is 6.18 Å². The summed E-state index contributed by atoms with van der Waals surface area (Å²) in [4.78, 5) is 12.8. The van der Waals surface area contributed by atoms with Crippen molar-refractivity contribution in [2.24, 2.45) is 5.84 Å². The fraction of sp³-hybridized carbons (Fsp3) is 0.250. The van der Waals surface area contributed by atoms with Gasteiger partial charge in [0, 0.05) is 34.6 Å². The average Bonchev–Trinajstić information content (AvgIpc) is 3.23. The first-order valence-corrected chi connectivity index (χ1v) is 12.3. The molecule has 5 nitrogen and oxygen atoms in total. The standard InChI is InChI=1S/C28H27ClF3N3O2/c1-2-3-13-35(33)27(36)19-9-12-26-20(14-19)16-23(18-37-24-7-5-4-6-8-24)34(26)17-21-15-22(28(30,31)32)10-11-25(21)29/h4-12,14-16H,2-3,13,17-18,33H2,1H3. The number of amides is 1. The van der Waals surface area contributed by atoms with Crippen LogP contribution in [0.3, 0.4) is 0 Å². The Labute approximate surface area is 218 Å². The van der Waals surface area contributed by atoms with E-state index in [-0.39, 0.29) is 24.1 Å². The van der Waals surface area contributed by atoms with Gasteiger partial charge < -0.3 is 9.30 Å². The number of unbranched alkanes of at least 4 members (excludes halogenated alkanes) is 1. The van der Waals surface area contributed by atoms with Crippen molar-refractivity contribution >= 4 is 28.4 Å². The first-order valence-electron chi connectivity index (χ1n) is 11.9. The topological polar surface area (TPSA) is 60.5 Å². The molecule has 0 fully saturated rings. The van der Waals surface area contributed by atoms with Gasteiger partial charge in [-0.15, -0.1) is 0 Å². The molecule has 4 aromatic rings. The number of carbonyl (C=O) groups excluding carboxylic acids is 1. The number of aromatic nitrogens is 1. The second kappa shape index (κ2) is 11.3. The van der Waals surface area contributed by atoms with Crippen molar-refractivity contribution < 1.29 is 22.7 Å². The van der Waals surface area contributed by atoms with E-state index in [0.717, 1.165) is 35.9 Å². The zero-order valence-electron chi connectivity index (χ0n) is 20.3. The van der Waals surface area contributed by atoms with E-state index < -0.39 is 11.7 Å². The van der Waals surface area contributed by atoms with E-state index >= 15 is 0 Å². The van der Waals surface area contributed by atoms with Crippen molar-refractivity contribution in [1.82, 2.24) is 9.58 Å². The predicted octanol–water partition coefficient (Wildman–Crippen LogP) is 7.06. The first-order chi connectivity index (χ1) is 17.7. The second-order valence-electron chi connectivity index (χ2n) is 8.75. The van der Waals surface area contributed by atoms with E-state index in [1.165, 1.54) is 11.1 Å². The van der Waals surface area contributed by atoms with Crippen LogP contribution in [0.5, 0.6) is 5.75 Å². The highest BCUT2D eigenvalue weighted by molar-refractivity contribution is 6.31. The maximum atomic E-state index is 13.4. The summed E-state index contributed by atoms with van der Waals surface area (Å²) < 4.78 is 47.9. The van der Waals surface area contributed by atoms with E-state index in [9.17, 15) is 18.0 Å². The lowest BCUT2D eigenvalue weighted by molar-refractivity contribution is -0.137. The predicted molar refractivity (Wildman–Crippen MR) is 138 cm³/mol. The molecule has 2 N–H and O–H groups in total. The summed E-state index contributed by atoms with van der Waals surface area (Å²) in [5.41, 5.74) is 1.42. The summed E-state index contributed by atoms with van der Waals surface area (Å²) in [5.74, 6) is 6.30. The number of para-hydroxylation sites is 1. The fourth-order valence-electron chi connectivity index (χ4n) is 4.08. The highest BCUT2D eigenvalue weighted by Gasteiger charge is 2.31. The quantitative estimate of drug-likeness (QED) is 0.143. The number of hydrogen-bond donors (Lipinski definition) is 1. The van der Waals surface area contributed by atoms with Crippen molar-refractivity contribution in [3.05, 3.63) is 100 Å². The van der Waals surface area contributed by atoms with Gasteiger partial charge in [-0.1, -0.05) is 43.1 Å². The molecule has 37 heavy (non-hydrogen) atoms. The SMILES string of the molecule is CCCCN(N)C(=O)c1ccc2c(c1)cc(COc1ccccc1)n2Cc1cc(C(F)(F)F)ccc1Cl. The van der Waals surface area contributed by atoms with Crippen LogP contribution >= 0.6 is 11.6 Å². The van der Waals surface area contributed by atoms with Gasteiger partial charge in [0.2, 0.25) is 0 Å². The fourth-order valence-corrected chi connectivity index (χ4v) is 4.26. The summed E-state index contributed by atoms with van der Waals surface area (Å²) in [6, 6.07) is 19.5. The Bertz CT molecular complexity index is 1390. The number of halogens is 4. The molecule has 0 saturated heterocycles. The molecular formula is C28H27ClF3N3O2. The van der Waals surface area contributed by atoms with Crippen molar-refractivity contribution in [2.45, 2.75) is 39.1 Å². The minimum Gasteiger partial charge on any atom is -0.487 e. The average molecular weight is 530 g/mol. The van der Waals surface area contributed by atoms with E-state index in [2.05, 4.69) is 0 Å². The molecule has 0 aliphatic rings. The molecule has 194 valence electrons. The van der Waals surface area contributed by atoms with Gasteiger partial charge in [-0.3, -0.25) is 9.80 Å². The van der Waals surface area contributed by atoms with Crippen molar-refractivity contribution in [1.29, 1.82) is 0 Å². The van der Waals surface area contributed by atoms with Crippen LogP contribution in [-0.2, 0) is 19.3 Å². The summed E-state index contributed by atoms with van der Waals surface area (Å²) in [6.45, 7) is 2.71. The molecule has 1 amide bonds. The number of ether oxygens (including phenoxy) is 1. The molecule has 0 radical (unpaired) electrons. The normalized spacial score (nSPS) is 11.6. The molecule has 0 aliphatic heterocycles. The zero-order chi connectivity index (χ0) is 26.6. The lowest BCUT2D eigenvalue weighted by atomic mass is 10.1. The molecule has 9 heteroatoms. The monoisotopic (exact) mass is 529 g/mol. The van der Waals surface area contributed by atoms with Gasteiger partial charge in [0.05, 0.1) is 11.3 Å². The van der Waals surface area contributed by atoms with Gasteiger partial charge in [0.1, 0.15) is 12.4 Å². The van der Waals surface area contributed by atoms with Crippen LogP contribution in [0.2, 0.25) is 5.02 Å². The number of nitrogens with two attached hydrogens (primary N) is 1. The van der Waals surface area contributed by atoms with Crippen LogP contribution in [0.1, 0.15) is 46.9 Å². The van der Waals surface area contributed by atoms with Crippen LogP contribution < -0.4 is 10.6 Å². The third kappa shape index (κ3) is 6.26. The molecule has 1 aromatic heterocycles. The number of carbonyl (C=O) groups is 1. The summed E-state index contributed by atoms with van der Waals surface area (Å²) in [6.07, 6.45) is -2.79. The number of hydrogen-bond acceptors (Lipinski definition) is 3. The van der Waals surface area contributed by atoms with Crippen molar-refractivity contribution in [3.63, 3.8) is 0 Å². The third-order valence-corrected chi connectivity index (χ3v) is 6.45. The molecule has 0 atom stereocenters. The highest BCUT2D eigenvalue weighted by Crippen LogP contribution is 2.33. The lowest BCUT2D eigenvalue weighted by Gasteiger charge is -2.17. The van der Waals surface area contributed by atoms with E-state index in [0.29, 0.717) is 29.1 Å². The Kier molecular flexibility index (Phi) is 8.10. The maximum Gasteiger partial charge on any atom is 0.416 e.